The molecule has 0 saturated carbocycles. The Morgan fingerprint density at radius 1 is 1.12 bits per heavy atom. The molecule has 2 N–H and O–H groups in total. The fourth-order valence-corrected chi connectivity index (χ4v) is 2.32. The number of rotatable bonds is 3. The van der Waals surface area contributed by atoms with Crippen molar-refractivity contribution in [2.75, 3.05) is 0 Å². The summed E-state index contributed by atoms with van der Waals surface area (Å²) in [6.07, 6.45) is 0.732. The average Bonchev–Trinajstić information content (AvgIpc) is 2.30. The SMILES string of the molecule is NC(=O)c1ccc(I)cc1Cc1ccccc1. The van der Waals surface area contributed by atoms with Crippen LogP contribution in [0.4, 0.5) is 0 Å². The molecule has 0 bridgehead atoms. The van der Waals surface area contributed by atoms with Gasteiger partial charge in [-0.15, -0.1) is 0 Å². The monoisotopic (exact) mass is 337 g/mol. The zero-order valence-corrected chi connectivity index (χ0v) is 11.3. The number of carbonyl (C=O) groups excluding carboxylic acids is 1. The van der Waals surface area contributed by atoms with Gasteiger partial charge in [-0.25, -0.2) is 0 Å². The van der Waals surface area contributed by atoms with Crippen LogP contribution in [0, 0.1) is 3.57 Å². The van der Waals surface area contributed by atoms with E-state index in [0.29, 0.717) is 5.56 Å². The fourth-order valence-electron chi connectivity index (χ4n) is 1.76. The minimum Gasteiger partial charge on any atom is -0.366 e. The molecule has 3 heteroatoms. The second-order valence-electron chi connectivity index (χ2n) is 3.83. The number of hydrogen-bond donors (Lipinski definition) is 1. The average molecular weight is 337 g/mol. The molecule has 0 aromatic heterocycles. The standard InChI is InChI=1S/C14H12INO/c15-12-6-7-13(14(16)17)11(9-12)8-10-4-2-1-3-5-10/h1-7,9H,8H2,(H2,16,17). The van der Waals surface area contributed by atoms with E-state index in [1.54, 1.807) is 6.07 Å². The minimum atomic E-state index is -0.368. The lowest BCUT2D eigenvalue weighted by Gasteiger charge is -2.07. The summed E-state index contributed by atoms with van der Waals surface area (Å²) in [4.78, 5) is 11.3. The maximum Gasteiger partial charge on any atom is 0.248 e. The molecule has 2 aromatic rings. The van der Waals surface area contributed by atoms with Crippen LogP contribution in [0.2, 0.25) is 0 Å². The Hall–Kier alpha value is -1.36. The van der Waals surface area contributed by atoms with Crippen LogP contribution in [-0.2, 0) is 6.42 Å². The van der Waals surface area contributed by atoms with E-state index < -0.39 is 0 Å². The molecule has 17 heavy (non-hydrogen) atoms. The Morgan fingerprint density at radius 3 is 2.47 bits per heavy atom. The number of nitrogens with two attached hydrogens (primary N) is 1. The molecule has 0 heterocycles. The first-order chi connectivity index (χ1) is 8.16. The maximum atomic E-state index is 11.3. The molecular weight excluding hydrogens is 325 g/mol. The quantitative estimate of drug-likeness (QED) is 0.860. The molecular formula is C14H12INO. The van der Waals surface area contributed by atoms with Gasteiger partial charge in [0.1, 0.15) is 0 Å². The van der Waals surface area contributed by atoms with E-state index in [0.717, 1.165) is 15.6 Å². The lowest BCUT2D eigenvalue weighted by molar-refractivity contribution is 0.0999. The highest BCUT2D eigenvalue weighted by Crippen LogP contribution is 2.17. The van der Waals surface area contributed by atoms with E-state index in [4.69, 9.17) is 5.73 Å². The van der Waals surface area contributed by atoms with Crippen LogP contribution >= 0.6 is 22.6 Å². The van der Waals surface area contributed by atoms with Gasteiger partial charge in [-0.3, -0.25) is 4.79 Å². The third kappa shape index (κ3) is 3.06. The largest absolute Gasteiger partial charge is 0.366 e. The number of halogens is 1. The van der Waals surface area contributed by atoms with Crippen molar-refractivity contribution in [3.05, 3.63) is 68.8 Å². The zero-order valence-electron chi connectivity index (χ0n) is 9.19. The fraction of sp³-hybridized carbons (Fsp3) is 0.0714. The van der Waals surface area contributed by atoms with Crippen LogP contribution in [0.1, 0.15) is 21.5 Å². The minimum absolute atomic E-state index is 0.368. The molecule has 0 atom stereocenters. The summed E-state index contributed by atoms with van der Waals surface area (Å²) < 4.78 is 1.11. The van der Waals surface area contributed by atoms with Crippen molar-refractivity contribution in [2.24, 2.45) is 5.73 Å². The predicted octanol–water partition coefficient (Wildman–Crippen LogP) is 2.98. The van der Waals surface area contributed by atoms with Crippen molar-refractivity contribution in [1.29, 1.82) is 0 Å². The topological polar surface area (TPSA) is 43.1 Å². The number of amides is 1. The van der Waals surface area contributed by atoms with Gasteiger partial charge in [0.2, 0.25) is 5.91 Å². The Labute approximate surface area is 114 Å². The van der Waals surface area contributed by atoms with E-state index in [2.05, 4.69) is 22.6 Å². The summed E-state index contributed by atoms with van der Waals surface area (Å²) in [5.74, 6) is -0.368. The molecule has 2 aromatic carbocycles. The van der Waals surface area contributed by atoms with Gasteiger partial charge in [-0.05, 0) is 58.3 Å². The van der Waals surface area contributed by atoms with E-state index in [1.807, 2.05) is 42.5 Å². The third-order valence-corrected chi connectivity index (χ3v) is 3.24. The molecule has 2 nitrogen and oxygen atoms in total. The number of hydrogen-bond acceptors (Lipinski definition) is 1. The van der Waals surface area contributed by atoms with Crippen LogP contribution in [0.5, 0.6) is 0 Å². The van der Waals surface area contributed by atoms with Crippen molar-refractivity contribution in [2.45, 2.75) is 6.42 Å². The van der Waals surface area contributed by atoms with E-state index in [9.17, 15) is 4.79 Å². The number of benzene rings is 2. The summed E-state index contributed by atoms with van der Waals surface area (Å²) in [6.45, 7) is 0. The molecule has 1 amide bonds. The summed E-state index contributed by atoms with van der Waals surface area (Å²) in [7, 11) is 0. The summed E-state index contributed by atoms with van der Waals surface area (Å²) in [6, 6.07) is 15.8. The Balaban J connectivity index is 2.37. The first-order valence-corrected chi connectivity index (χ1v) is 6.37. The lowest BCUT2D eigenvalue weighted by Crippen LogP contribution is -2.14. The summed E-state index contributed by atoms with van der Waals surface area (Å²) >= 11 is 2.24. The highest BCUT2D eigenvalue weighted by Gasteiger charge is 2.08. The van der Waals surface area contributed by atoms with E-state index >= 15 is 0 Å². The second-order valence-corrected chi connectivity index (χ2v) is 5.07. The molecule has 0 aliphatic carbocycles. The van der Waals surface area contributed by atoms with Crippen LogP contribution in [-0.4, -0.2) is 5.91 Å². The van der Waals surface area contributed by atoms with Crippen molar-refractivity contribution >= 4 is 28.5 Å². The molecule has 0 aliphatic heterocycles. The van der Waals surface area contributed by atoms with Crippen LogP contribution in [0.3, 0.4) is 0 Å². The normalized spacial score (nSPS) is 10.2. The van der Waals surface area contributed by atoms with Gasteiger partial charge in [-0.2, -0.15) is 0 Å². The van der Waals surface area contributed by atoms with Crippen molar-refractivity contribution in [1.82, 2.24) is 0 Å². The predicted molar refractivity (Wildman–Crippen MR) is 76.9 cm³/mol. The maximum absolute atomic E-state index is 11.3. The number of carbonyl (C=O) groups is 1. The van der Waals surface area contributed by atoms with Gasteiger partial charge in [-0.1, -0.05) is 30.3 Å². The van der Waals surface area contributed by atoms with Gasteiger partial charge in [0.25, 0.3) is 0 Å². The second kappa shape index (κ2) is 5.31. The van der Waals surface area contributed by atoms with Crippen molar-refractivity contribution in [3.8, 4) is 0 Å². The van der Waals surface area contributed by atoms with E-state index in [-0.39, 0.29) is 5.91 Å². The first kappa shape index (κ1) is 12.1. The highest BCUT2D eigenvalue weighted by atomic mass is 127. The summed E-state index contributed by atoms with van der Waals surface area (Å²) in [5, 5.41) is 0. The molecule has 0 saturated heterocycles. The molecule has 0 aliphatic rings. The molecule has 0 fully saturated rings. The Morgan fingerprint density at radius 2 is 1.82 bits per heavy atom. The molecule has 0 unspecified atom stereocenters. The smallest absolute Gasteiger partial charge is 0.248 e. The van der Waals surface area contributed by atoms with Crippen LogP contribution < -0.4 is 5.73 Å². The van der Waals surface area contributed by atoms with Gasteiger partial charge < -0.3 is 5.73 Å². The van der Waals surface area contributed by atoms with Crippen molar-refractivity contribution < 1.29 is 4.79 Å². The van der Waals surface area contributed by atoms with Gasteiger partial charge in [0, 0.05) is 9.13 Å². The Kier molecular flexibility index (Phi) is 3.78. The van der Waals surface area contributed by atoms with Gasteiger partial charge >= 0.3 is 0 Å². The number of primary amides is 1. The van der Waals surface area contributed by atoms with Gasteiger partial charge in [0.15, 0.2) is 0 Å². The lowest BCUT2D eigenvalue weighted by atomic mass is 9.99. The first-order valence-electron chi connectivity index (χ1n) is 5.29. The van der Waals surface area contributed by atoms with Crippen LogP contribution in [0.25, 0.3) is 0 Å². The third-order valence-electron chi connectivity index (χ3n) is 2.57. The molecule has 0 spiro atoms. The van der Waals surface area contributed by atoms with E-state index in [1.165, 1.54) is 5.56 Å². The molecule has 0 radical (unpaired) electrons. The van der Waals surface area contributed by atoms with Gasteiger partial charge in [0.05, 0.1) is 0 Å². The van der Waals surface area contributed by atoms with Crippen molar-refractivity contribution in [3.63, 3.8) is 0 Å². The highest BCUT2D eigenvalue weighted by molar-refractivity contribution is 14.1. The zero-order chi connectivity index (χ0) is 12.3. The van der Waals surface area contributed by atoms with Crippen LogP contribution in [0.15, 0.2) is 48.5 Å². The Bertz CT molecular complexity index is 537. The molecule has 2 rings (SSSR count). The summed E-state index contributed by atoms with van der Waals surface area (Å²) in [5.41, 5.74) is 8.14. The molecule has 86 valence electrons.